The highest BCUT2D eigenvalue weighted by Crippen LogP contribution is 2.46. The number of phenolic OH excluding ortho intramolecular Hbond substituents is 3. The summed E-state index contributed by atoms with van der Waals surface area (Å²) in [6.45, 7) is 0. The van der Waals surface area contributed by atoms with Crippen LogP contribution in [-0.2, 0) is 0 Å². The zero-order valence-corrected chi connectivity index (χ0v) is 13.0. The number of phenols is 3. The Kier molecular flexibility index (Phi) is 2.99. The van der Waals surface area contributed by atoms with Crippen LogP contribution in [0.15, 0.2) is 36.4 Å². The summed E-state index contributed by atoms with van der Waals surface area (Å²) in [5, 5.41) is 31.0. The number of hydrogen-bond acceptors (Lipinski definition) is 6. The third-order valence-corrected chi connectivity index (χ3v) is 4.41. The molecule has 1 aliphatic rings. The average Bonchev–Trinajstić information content (AvgIpc) is 2.61. The minimum atomic E-state index is -0.607. The lowest BCUT2D eigenvalue weighted by molar-refractivity contribution is 0.0972. The maximum absolute atomic E-state index is 13.0. The molecule has 3 N–H and O–H groups in total. The van der Waals surface area contributed by atoms with E-state index in [9.17, 15) is 24.9 Å². The first-order valence-corrected chi connectivity index (χ1v) is 7.42. The summed E-state index contributed by atoms with van der Waals surface area (Å²) in [6, 6.07) is 8.49. The summed E-state index contributed by atoms with van der Waals surface area (Å²) < 4.78 is 5.17. The Labute approximate surface area is 141 Å². The van der Waals surface area contributed by atoms with E-state index < -0.39 is 23.1 Å². The first-order chi connectivity index (χ1) is 12.0. The smallest absolute Gasteiger partial charge is 0.202 e. The maximum Gasteiger partial charge on any atom is 0.202 e. The number of carbonyl (C=O) groups excluding carboxylic acids is 2. The topological polar surface area (TPSA) is 104 Å². The van der Waals surface area contributed by atoms with Crippen LogP contribution >= 0.6 is 0 Å². The minimum absolute atomic E-state index is 0.0512. The number of rotatable bonds is 1. The number of ether oxygens (including phenoxy) is 1. The van der Waals surface area contributed by atoms with Gasteiger partial charge in [-0.25, -0.2) is 0 Å². The van der Waals surface area contributed by atoms with Crippen LogP contribution in [0.2, 0.25) is 0 Å². The van der Waals surface area contributed by atoms with Gasteiger partial charge in [0.05, 0.1) is 23.8 Å². The summed E-state index contributed by atoms with van der Waals surface area (Å²) >= 11 is 0. The molecule has 0 heterocycles. The van der Waals surface area contributed by atoms with Gasteiger partial charge in [-0.3, -0.25) is 9.59 Å². The van der Waals surface area contributed by atoms with Crippen LogP contribution in [0.3, 0.4) is 0 Å². The first kappa shape index (κ1) is 15.0. The number of benzene rings is 3. The van der Waals surface area contributed by atoms with E-state index in [-0.39, 0.29) is 44.5 Å². The SMILES string of the molecule is COc1cccc2c1C(=O)c1c(c(O)c3cc(O)ccc3c1O)C2=O. The Morgan fingerprint density at radius 2 is 1.48 bits per heavy atom. The summed E-state index contributed by atoms with van der Waals surface area (Å²) in [5.74, 6) is -2.00. The van der Waals surface area contributed by atoms with Crippen molar-refractivity contribution < 1.29 is 29.6 Å². The van der Waals surface area contributed by atoms with Crippen LogP contribution in [-0.4, -0.2) is 34.0 Å². The van der Waals surface area contributed by atoms with E-state index in [0.29, 0.717) is 0 Å². The molecule has 0 saturated heterocycles. The third kappa shape index (κ3) is 1.85. The minimum Gasteiger partial charge on any atom is -0.508 e. The maximum atomic E-state index is 13.0. The molecule has 1 aliphatic carbocycles. The molecule has 0 spiro atoms. The third-order valence-electron chi connectivity index (χ3n) is 4.41. The van der Waals surface area contributed by atoms with Crippen LogP contribution < -0.4 is 4.74 Å². The van der Waals surface area contributed by atoms with E-state index in [4.69, 9.17) is 4.74 Å². The second-order valence-corrected chi connectivity index (χ2v) is 5.72. The van der Waals surface area contributed by atoms with E-state index in [1.54, 1.807) is 12.1 Å². The summed E-state index contributed by atoms with van der Waals surface area (Å²) in [6.07, 6.45) is 0. The van der Waals surface area contributed by atoms with Gasteiger partial charge in [0.15, 0.2) is 5.78 Å². The van der Waals surface area contributed by atoms with Gasteiger partial charge in [0.25, 0.3) is 0 Å². The molecule has 124 valence electrons. The number of fused-ring (bicyclic) bond motifs is 3. The van der Waals surface area contributed by atoms with Gasteiger partial charge in [-0.2, -0.15) is 0 Å². The van der Waals surface area contributed by atoms with Gasteiger partial charge in [-0.1, -0.05) is 12.1 Å². The fourth-order valence-electron chi connectivity index (χ4n) is 3.27. The van der Waals surface area contributed by atoms with E-state index in [1.165, 1.54) is 31.4 Å². The molecule has 0 bridgehead atoms. The quantitative estimate of drug-likeness (QED) is 0.462. The zero-order valence-electron chi connectivity index (χ0n) is 13.0. The lowest BCUT2D eigenvalue weighted by Gasteiger charge is -2.22. The zero-order chi connectivity index (χ0) is 17.9. The second-order valence-electron chi connectivity index (χ2n) is 5.72. The molecule has 3 aromatic rings. The molecule has 6 heteroatoms. The second kappa shape index (κ2) is 4.98. The molecule has 0 atom stereocenters. The Morgan fingerprint density at radius 1 is 0.800 bits per heavy atom. The predicted molar refractivity (Wildman–Crippen MR) is 88.8 cm³/mol. The van der Waals surface area contributed by atoms with E-state index in [2.05, 4.69) is 0 Å². The predicted octanol–water partition coefficient (Wildman–Crippen LogP) is 2.74. The van der Waals surface area contributed by atoms with Crippen LogP contribution in [0.4, 0.5) is 0 Å². The Bertz CT molecular complexity index is 1100. The van der Waals surface area contributed by atoms with Gasteiger partial charge >= 0.3 is 0 Å². The van der Waals surface area contributed by atoms with Crippen molar-refractivity contribution in [2.24, 2.45) is 0 Å². The van der Waals surface area contributed by atoms with Gasteiger partial charge in [-0.05, 0) is 24.3 Å². The van der Waals surface area contributed by atoms with Crippen molar-refractivity contribution >= 4 is 22.3 Å². The van der Waals surface area contributed by atoms with Crippen molar-refractivity contribution in [3.05, 3.63) is 58.7 Å². The molecule has 4 rings (SSSR count). The van der Waals surface area contributed by atoms with Crippen LogP contribution in [0, 0.1) is 0 Å². The lowest BCUT2D eigenvalue weighted by atomic mass is 9.81. The van der Waals surface area contributed by atoms with E-state index in [0.717, 1.165) is 0 Å². The lowest BCUT2D eigenvalue weighted by Crippen LogP contribution is -2.22. The number of methoxy groups -OCH3 is 1. The molecular weight excluding hydrogens is 324 g/mol. The molecule has 0 amide bonds. The van der Waals surface area contributed by atoms with Crippen molar-refractivity contribution in [2.75, 3.05) is 7.11 Å². The standard InChI is InChI=1S/C19H12O6/c1-25-12-4-2-3-10-13(12)19(24)15-14(17(10)22)18(23)11-7-8(20)5-6-9(11)16(15)21/h2-7,20-21,23H,1H3. The molecule has 0 radical (unpaired) electrons. The van der Waals surface area contributed by atoms with Gasteiger partial charge < -0.3 is 20.1 Å². The Morgan fingerprint density at radius 3 is 2.20 bits per heavy atom. The van der Waals surface area contributed by atoms with Crippen LogP contribution in [0.1, 0.15) is 31.8 Å². The highest BCUT2D eigenvalue weighted by Gasteiger charge is 2.38. The van der Waals surface area contributed by atoms with Gasteiger partial charge in [0.1, 0.15) is 23.0 Å². The van der Waals surface area contributed by atoms with Crippen molar-refractivity contribution in [3.8, 4) is 23.0 Å². The van der Waals surface area contributed by atoms with Crippen molar-refractivity contribution in [2.45, 2.75) is 0 Å². The molecule has 3 aromatic carbocycles. The molecule has 0 unspecified atom stereocenters. The van der Waals surface area contributed by atoms with Gasteiger partial charge in [-0.15, -0.1) is 0 Å². The molecule has 0 fully saturated rings. The first-order valence-electron chi connectivity index (χ1n) is 7.42. The summed E-state index contributed by atoms with van der Waals surface area (Å²) in [5.41, 5.74) is -0.402. The molecule has 0 saturated carbocycles. The molecule has 25 heavy (non-hydrogen) atoms. The van der Waals surface area contributed by atoms with E-state index >= 15 is 0 Å². The van der Waals surface area contributed by atoms with E-state index in [1.807, 2.05) is 0 Å². The van der Waals surface area contributed by atoms with Crippen LogP contribution in [0.25, 0.3) is 10.8 Å². The van der Waals surface area contributed by atoms with Gasteiger partial charge in [0.2, 0.25) is 5.78 Å². The molecule has 0 aliphatic heterocycles. The molecule has 6 nitrogen and oxygen atoms in total. The highest BCUT2D eigenvalue weighted by molar-refractivity contribution is 6.33. The van der Waals surface area contributed by atoms with Crippen LogP contribution in [0.5, 0.6) is 23.0 Å². The molecule has 0 aromatic heterocycles. The van der Waals surface area contributed by atoms with Crippen molar-refractivity contribution in [1.29, 1.82) is 0 Å². The van der Waals surface area contributed by atoms with Gasteiger partial charge in [0, 0.05) is 16.3 Å². The fraction of sp³-hybridized carbons (Fsp3) is 0.0526. The highest BCUT2D eigenvalue weighted by atomic mass is 16.5. The normalized spacial score (nSPS) is 12.8. The number of aromatic hydroxyl groups is 3. The molecular formula is C19H12O6. The van der Waals surface area contributed by atoms with Crippen molar-refractivity contribution in [1.82, 2.24) is 0 Å². The van der Waals surface area contributed by atoms with Crippen molar-refractivity contribution in [3.63, 3.8) is 0 Å². The largest absolute Gasteiger partial charge is 0.508 e. The Hall–Kier alpha value is -3.54. The average molecular weight is 336 g/mol. The summed E-state index contributed by atoms with van der Waals surface area (Å²) in [4.78, 5) is 25.8. The number of carbonyl (C=O) groups is 2. The number of ketones is 2. The Balaban J connectivity index is 2.16. The summed E-state index contributed by atoms with van der Waals surface area (Å²) in [7, 11) is 1.38. The monoisotopic (exact) mass is 336 g/mol. The number of hydrogen-bond donors (Lipinski definition) is 3. The fourth-order valence-corrected chi connectivity index (χ4v) is 3.27.